The Morgan fingerprint density at radius 2 is 2.24 bits per heavy atom. The van der Waals surface area contributed by atoms with E-state index in [2.05, 4.69) is 32.2 Å². The summed E-state index contributed by atoms with van der Waals surface area (Å²) in [5, 5.41) is 6.36. The molecule has 0 aromatic carbocycles. The summed E-state index contributed by atoms with van der Waals surface area (Å²) in [4.78, 5) is 20.6. The van der Waals surface area contributed by atoms with Gasteiger partial charge in [0.2, 0.25) is 0 Å². The molecule has 2 aliphatic heterocycles. The van der Waals surface area contributed by atoms with Crippen LogP contribution in [0.25, 0.3) is 10.6 Å². The normalized spacial score (nSPS) is 22.0. The zero-order valence-electron chi connectivity index (χ0n) is 14.1. The minimum absolute atomic E-state index is 0.0421. The number of hydrogen-bond donors (Lipinski definition) is 0. The molecular formula is C18H19N5OS. The van der Waals surface area contributed by atoms with Crippen molar-refractivity contribution < 1.29 is 4.79 Å². The Kier molecular flexibility index (Phi) is 3.15. The molecule has 3 aromatic heterocycles. The van der Waals surface area contributed by atoms with Crippen LogP contribution in [0.2, 0.25) is 0 Å². The van der Waals surface area contributed by atoms with Crippen LogP contribution in [0, 0.1) is 5.41 Å². The Morgan fingerprint density at radius 3 is 3.00 bits per heavy atom. The summed E-state index contributed by atoms with van der Waals surface area (Å²) in [5.41, 5.74) is 1.87. The maximum Gasteiger partial charge on any atom is 0.274 e. The van der Waals surface area contributed by atoms with E-state index in [0.29, 0.717) is 5.69 Å². The van der Waals surface area contributed by atoms with Crippen LogP contribution < -0.4 is 0 Å². The minimum Gasteiger partial charge on any atom is -0.337 e. The van der Waals surface area contributed by atoms with E-state index in [4.69, 9.17) is 0 Å². The highest BCUT2D eigenvalue weighted by molar-refractivity contribution is 7.13. The van der Waals surface area contributed by atoms with Gasteiger partial charge in [-0.15, -0.1) is 11.3 Å². The lowest BCUT2D eigenvalue weighted by Gasteiger charge is -2.23. The van der Waals surface area contributed by atoms with Gasteiger partial charge in [-0.3, -0.25) is 9.48 Å². The number of imidazole rings is 1. The smallest absolute Gasteiger partial charge is 0.274 e. The molecule has 6 nitrogen and oxygen atoms in total. The monoisotopic (exact) mass is 353 g/mol. The molecule has 2 aliphatic rings. The lowest BCUT2D eigenvalue weighted by molar-refractivity contribution is 0.0765. The minimum atomic E-state index is 0.0421. The van der Waals surface area contributed by atoms with Crippen molar-refractivity contribution in [3.63, 3.8) is 0 Å². The molecule has 0 unspecified atom stereocenters. The first-order valence-electron chi connectivity index (χ1n) is 8.51. The lowest BCUT2D eigenvalue weighted by atomic mass is 9.86. The summed E-state index contributed by atoms with van der Waals surface area (Å²) < 4.78 is 4.03. The van der Waals surface area contributed by atoms with Gasteiger partial charge in [0.05, 0.1) is 16.8 Å². The highest BCUT2D eigenvalue weighted by Crippen LogP contribution is 2.43. The van der Waals surface area contributed by atoms with Gasteiger partial charge in [0.15, 0.2) is 0 Å². The average Bonchev–Trinajstić information content (AvgIpc) is 3.36. The molecule has 1 amide bonds. The molecule has 0 saturated carbocycles. The molecule has 0 N–H and O–H groups in total. The fourth-order valence-electron chi connectivity index (χ4n) is 4.15. The standard InChI is InChI=1S/C18H19N5OS/c1-21-6-4-13(20-21)17(24)22-7-5-18(11-22)9-16-19-10-14(23(16)12-18)15-3-2-8-25-15/h2-4,6,8,10H,5,7,9,11-12H2,1H3/t18-/m1/s1. The van der Waals surface area contributed by atoms with Gasteiger partial charge in [0.25, 0.3) is 5.91 Å². The van der Waals surface area contributed by atoms with Gasteiger partial charge in [-0.1, -0.05) is 6.07 Å². The quantitative estimate of drug-likeness (QED) is 0.711. The number of aromatic nitrogens is 4. The second-order valence-corrected chi connectivity index (χ2v) is 8.10. The number of hydrogen-bond acceptors (Lipinski definition) is 4. The summed E-state index contributed by atoms with van der Waals surface area (Å²) in [6, 6.07) is 6.01. The van der Waals surface area contributed by atoms with Crippen molar-refractivity contribution in [3.8, 4) is 10.6 Å². The van der Waals surface area contributed by atoms with Crippen LogP contribution in [-0.2, 0) is 20.0 Å². The molecule has 1 atom stereocenters. The molecule has 0 bridgehead atoms. The van der Waals surface area contributed by atoms with Crippen LogP contribution in [0.15, 0.2) is 36.0 Å². The Labute approximate surface area is 149 Å². The summed E-state index contributed by atoms with van der Waals surface area (Å²) in [5.74, 6) is 1.19. The van der Waals surface area contributed by atoms with Gasteiger partial charge in [-0.2, -0.15) is 5.10 Å². The highest BCUT2D eigenvalue weighted by Gasteiger charge is 2.46. The van der Waals surface area contributed by atoms with E-state index in [1.807, 2.05) is 24.3 Å². The molecule has 128 valence electrons. The topological polar surface area (TPSA) is 56.0 Å². The number of aryl methyl sites for hydroxylation is 1. The van der Waals surface area contributed by atoms with Crippen LogP contribution in [-0.4, -0.2) is 43.2 Å². The second-order valence-electron chi connectivity index (χ2n) is 7.15. The van der Waals surface area contributed by atoms with Crippen LogP contribution in [0.3, 0.4) is 0 Å². The predicted octanol–water partition coefficient (Wildman–Crippen LogP) is 2.43. The van der Waals surface area contributed by atoms with Crippen molar-refractivity contribution in [1.29, 1.82) is 0 Å². The molecule has 7 heteroatoms. The Hall–Kier alpha value is -2.41. The number of fused-ring (bicyclic) bond motifs is 1. The van der Waals surface area contributed by atoms with Gasteiger partial charge in [0.1, 0.15) is 11.5 Å². The highest BCUT2D eigenvalue weighted by atomic mass is 32.1. The first kappa shape index (κ1) is 14.9. The number of rotatable bonds is 2. The fourth-order valence-corrected chi connectivity index (χ4v) is 4.90. The van der Waals surface area contributed by atoms with E-state index in [0.717, 1.165) is 38.3 Å². The van der Waals surface area contributed by atoms with Crippen molar-refractivity contribution >= 4 is 17.2 Å². The van der Waals surface area contributed by atoms with Crippen molar-refractivity contribution in [1.82, 2.24) is 24.2 Å². The maximum absolute atomic E-state index is 12.7. The number of likely N-dealkylation sites (tertiary alicyclic amines) is 1. The number of nitrogens with zero attached hydrogens (tertiary/aromatic N) is 5. The zero-order chi connectivity index (χ0) is 17.0. The second kappa shape index (κ2) is 5.29. The molecule has 1 spiro atoms. The molecule has 3 aromatic rings. The summed E-state index contributed by atoms with van der Waals surface area (Å²) in [6.07, 6.45) is 5.78. The van der Waals surface area contributed by atoms with Crippen molar-refractivity contribution in [2.24, 2.45) is 12.5 Å². The molecule has 1 saturated heterocycles. The largest absolute Gasteiger partial charge is 0.337 e. The molecule has 5 heterocycles. The first-order valence-corrected chi connectivity index (χ1v) is 9.39. The molecular weight excluding hydrogens is 334 g/mol. The predicted molar refractivity (Wildman–Crippen MR) is 95.4 cm³/mol. The van der Waals surface area contributed by atoms with Gasteiger partial charge < -0.3 is 9.47 Å². The first-order chi connectivity index (χ1) is 12.1. The van der Waals surface area contributed by atoms with Crippen LogP contribution >= 0.6 is 11.3 Å². The van der Waals surface area contributed by atoms with Crippen molar-refractivity contribution in [2.75, 3.05) is 13.1 Å². The summed E-state index contributed by atoms with van der Waals surface area (Å²) in [6.45, 7) is 2.53. The molecule has 25 heavy (non-hydrogen) atoms. The van der Waals surface area contributed by atoms with Gasteiger partial charge in [-0.05, 0) is 23.9 Å². The summed E-state index contributed by atoms with van der Waals surface area (Å²) in [7, 11) is 1.84. The number of carbonyl (C=O) groups excluding carboxylic acids is 1. The third kappa shape index (κ3) is 2.33. The van der Waals surface area contributed by atoms with Crippen molar-refractivity contribution in [3.05, 3.63) is 47.5 Å². The third-order valence-corrected chi connectivity index (χ3v) is 6.29. The van der Waals surface area contributed by atoms with Gasteiger partial charge in [0, 0.05) is 44.7 Å². The average molecular weight is 353 g/mol. The van der Waals surface area contributed by atoms with E-state index in [1.165, 1.54) is 10.6 Å². The SMILES string of the molecule is Cn1ccc(C(=O)N2CC[C@@]3(Cc4ncc(-c5cccs5)n4C3)C2)n1. The number of carbonyl (C=O) groups is 1. The van der Waals surface area contributed by atoms with E-state index < -0.39 is 0 Å². The molecule has 5 rings (SSSR count). The summed E-state index contributed by atoms with van der Waals surface area (Å²) >= 11 is 1.75. The fraction of sp³-hybridized carbons (Fsp3) is 0.389. The number of thiophene rings is 1. The molecule has 1 fully saturated rings. The number of amides is 1. The van der Waals surface area contributed by atoms with Crippen LogP contribution in [0.4, 0.5) is 0 Å². The van der Waals surface area contributed by atoms with Gasteiger partial charge in [-0.25, -0.2) is 4.98 Å². The zero-order valence-corrected chi connectivity index (χ0v) is 14.9. The van der Waals surface area contributed by atoms with Crippen molar-refractivity contribution in [2.45, 2.75) is 19.4 Å². The third-order valence-electron chi connectivity index (χ3n) is 5.40. The van der Waals surface area contributed by atoms with E-state index in [9.17, 15) is 4.79 Å². The Balaban J connectivity index is 1.37. The van der Waals surface area contributed by atoms with E-state index in [-0.39, 0.29) is 11.3 Å². The van der Waals surface area contributed by atoms with E-state index >= 15 is 0 Å². The van der Waals surface area contributed by atoms with Crippen LogP contribution in [0.5, 0.6) is 0 Å². The lowest BCUT2D eigenvalue weighted by Crippen LogP contribution is -2.33. The Bertz CT molecular complexity index is 941. The molecule has 0 radical (unpaired) electrons. The molecule has 0 aliphatic carbocycles. The van der Waals surface area contributed by atoms with E-state index in [1.54, 1.807) is 22.1 Å². The maximum atomic E-state index is 12.7. The van der Waals surface area contributed by atoms with Crippen LogP contribution in [0.1, 0.15) is 22.7 Å². The van der Waals surface area contributed by atoms with Gasteiger partial charge >= 0.3 is 0 Å². The Morgan fingerprint density at radius 1 is 1.32 bits per heavy atom.